The van der Waals surface area contributed by atoms with E-state index in [0.29, 0.717) is 11.4 Å². The van der Waals surface area contributed by atoms with E-state index in [1.54, 1.807) is 6.26 Å². The lowest BCUT2D eigenvalue weighted by atomic mass is 10.1. The number of hydrogen-bond donors (Lipinski definition) is 8. The zero-order chi connectivity index (χ0) is 24.3. The molecule has 0 saturated carbocycles. The number of thioether (sulfide) groups is 1. The number of thiol groups is 1. The number of aliphatic carboxylic acids is 1. The van der Waals surface area contributed by atoms with Crippen LogP contribution in [-0.2, 0) is 25.6 Å². The number of aliphatic hydroxyl groups is 1. The Bertz CT molecular complexity index is 763. The number of nitrogens with zero attached hydrogens (tertiary/aromatic N) is 1. The third kappa shape index (κ3) is 9.06. The third-order valence-electron chi connectivity index (χ3n) is 4.43. The van der Waals surface area contributed by atoms with Gasteiger partial charge in [0.15, 0.2) is 0 Å². The number of rotatable bonds is 14. The number of carboxylic acids is 1. The van der Waals surface area contributed by atoms with Gasteiger partial charge in [-0.15, -0.1) is 0 Å². The van der Waals surface area contributed by atoms with E-state index in [1.807, 2.05) is 0 Å². The maximum Gasteiger partial charge on any atom is 0.326 e. The van der Waals surface area contributed by atoms with Gasteiger partial charge in [-0.2, -0.15) is 24.4 Å². The monoisotopic (exact) mass is 490 g/mol. The topological polar surface area (TPSA) is 200 Å². The van der Waals surface area contributed by atoms with E-state index in [0.717, 1.165) is 0 Å². The predicted octanol–water partition coefficient (Wildman–Crippen LogP) is -2.12. The number of H-pyrrole nitrogens is 1. The number of carbonyl (C=O) groups is 4. The van der Waals surface area contributed by atoms with Crippen LogP contribution in [0.15, 0.2) is 12.5 Å². The van der Waals surface area contributed by atoms with Gasteiger partial charge in [-0.1, -0.05) is 0 Å². The molecular formula is C18H30N6O6S2. The molecule has 5 unspecified atom stereocenters. The number of aromatic amines is 1. The number of aromatic nitrogens is 2. The van der Waals surface area contributed by atoms with Gasteiger partial charge < -0.3 is 36.9 Å². The highest BCUT2D eigenvalue weighted by Crippen LogP contribution is 2.05. The highest BCUT2D eigenvalue weighted by Gasteiger charge is 2.32. The first kappa shape index (κ1) is 27.7. The summed E-state index contributed by atoms with van der Waals surface area (Å²) < 4.78 is 0. The summed E-state index contributed by atoms with van der Waals surface area (Å²) in [6.45, 7) is 1.28. The van der Waals surface area contributed by atoms with Crippen LogP contribution in [0.4, 0.5) is 0 Å². The summed E-state index contributed by atoms with van der Waals surface area (Å²) in [6.07, 6.45) is 3.51. The Labute approximate surface area is 195 Å². The number of hydrogen-bond acceptors (Lipinski definition) is 9. The molecule has 0 aliphatic carbocycles. The van der Waals surface area contributed by atoms with Crippen LogP contribution in [0.5, 0.6) is 0 Å². The molecule has 0 aliphatic rings. The van der Waals surface area contributed by atoms with Gasteiger partial charge in [0.25, 0.3) is 0 Å². The lowest BCUT2D eigenvalue weighted by Crippen LogP contribution is -2.60. The fourth-order valence-corrected chi connectivity index (χ4v) is 3.24. The quantitative estimate of drug-likeness (QED) is 0.134. The lowest BCUT2D eigenvalue weighted by Gasteiger charge is -2.26. The van der Waals surface area contributed by atoms with E-state index in [-0.39, 0.29) is 18.6 Å². The maximum atomic E-state index is 12.9. The predicted molar refractivity (Wildman–Crippen MR) is 122 cm³/mol. The SMILES string of the molecule is CSCCC(NC(=O)C(NC(=O)C(Cc1cnc[nH]1)NC(=O)C(N)CS)C(C)O)C(=O)O. The molecule has 1 heterocycles. The summed E-state index contributed by atoms with van der Waals surface area (Å²) in [7, 11) is 0. The van der Waals surface area contributed by atoms with Crippen LogP contribution in [0.1, 0.15) is 19.0 Å². The number of imidazole rings is 1. The van der Waals surface area contributed by atoms with Crippen LogP contribution >= 0.6 is 24.4 Å². The Morgan fingerprint density at radius 3 is 2.34 bits per heavy atom. The highest BCUT2D eigenvalue weighted by molar-refractivity contribution is 7.98. The second-order valence-electron chi connectivity index (χ2n) is 7.04. The molecule has 0 spiro atoms. The summed E-state index contributed by atoms with van der Waals surface area (Å²) in [5.41, 5.74) is 6.19. The molecule has 0 radical (unpaired) electrons. The summed E-state index contributed by atoms with van der Waals surface area (Å²) in [6, 6.07) is -4.73. The zero-order valence-electron chi connectivity index (χ0n) is 17.8. The van der Waals surface area contributed by atoms with Crippen molar-refractivity contribution in [1.29, 1.82) is 0 Å². The molecule has 12 nitrogen and oxygen atoms in total. The highest BCUT2D eigenvalue weighted by atomic mass is 32.2. The average molecular weight is 491 g/mol. The Morgan fingerprint density at radius 1 is 1.19 bits per heavy atom. The number of nitrogens with one attached hydrogen (secondary N) is 4. The summed E-state index contributed by atoms with van der Waals surface area (Å²) in [4.78, 5) is 55.8. The summed E-state index contributed by atoms with van der Waals surface area (Å²) >= 11 is 5.38. The van der Waals surface area contributed by atoms with E-state index in [2.05, 4.69) is 38.5 Å². The fraction of sp³-hybridized carbons (Fsp3) is 0.611. The molecule has 1 aromatic rings. The van der Waals surface area contributed by atoms with Crippen molar-refractivity contribution in [2.24, 2.45) is 5.73 Å². The summed E-state index contributed by atoms with van der Waals surface area (Å²) in [5, 5.41) is 26.6. The van der Waals surface area contributed by atoms with Crippen LogP contribution in [0, 0.1) is 0 Å². The van der Waals surface area contributed by atoms with Gasteiger partial charge in [-0.05, 0) is 25.4 Å². The maximum absolute atomic E-state index is 12.9. The van der Waals surface area contributed by atoms with Gasteiger partial charge in [0, 0.05) is 24.1 Å². The van der Waals surface area contributed by atoms with E-state index >= 15 is 0 Å². The molecule has 180 valence electrons. The van der Waals surface area contributed by atoms with Crippen molar-refractivity contribution in [3.8, 4) is 0 Å². The molecule has 0 bridgehead atoms. The molecule has 1 aromatic heterocycles. The van der Waals surface area contributed by atoms with Crippen molar-refractivity contribution in [2.45, 2.75) is 50.0 Å². The molecule has 0 saturated heterocycles. The van der Waals surface area contributed by atoms with Crippen LogP contribution in [0.2, 0.25) is 0 Å². The van der Waals surface area contributed by atoms with Crippen LogP contribution in [0.25, 0.3) is 0 Å². The second-order valence-corrected chi connectivity index (χ2v) is 8.39. The molecule has 5 atom stereocenters. The van der Waals surface area contributed by atoms with Gasteiger partial charge in [0.05, 0.1) is 18.5 Å². The number of aliphatic hydroxyl groups excluding tert-OH is 1. The molecule has 14 heteroatoms. The number of carboxylic acid groups (broad SMARTS) is 1. The van der Waals surface area contributed by atoms with Gasteiger partial charge in [0.1, 0.15) is 18.1 Å². The Hall–Kier alpha value is -2.29. The minimum absolute atomic E-state index is 0.0104. The number of amides is 3. The van der Waals surface area contributed by atoms with Crippen LogP contribution in [-0.4, -0.2) is 91.9 Å². The normalized spacial score (nSPS) is 15.7. The van der Waals surface area contributed by atoms with E-state index in [9.17, 15) is 29.4 Å². The van der Waals surface area contributed by atoms with Gasteiger partial charge in [-0.25, -0.2) is 9.78 Å². The van der Waals surface area contributed by atoms with Crippen LogP contribution < -0.4 is 21.7 Å². The smallest absolute Gasteiger partial charge is 0.326 e. The average Bonchev–Trinajstić information content (AvgIpc) is 3.25. The molecule has 3 amide bonds. The van der Waals surface area contributed by atoms with E-state index in [1.165, 1.54) is 31.2 Å². The van der Waals surface area contributed by atoms with Crippen molar-refractivity contribution in [1.82, 2.24) is 25.9 Å². The molecule has 1 rings (SSSR count). The number of carbonyl (C=O) groups excluding carboxylic acids is 3. The molecule has 0 aromatic carbocycles. The zero-order valence-corrected chi connectivity index (χ0v) is 19.5. The van der Waals surface area contributed by atoms with Crippen molar-refractivity contribution < 1.29 is 29.4 Å². The van der Waals surface area contributed by atoms with Gasteiger partial charge in [0.2, 0.25) is 17.7 Å². The fourth-order valence-electron chi connectivity index (χ4n) is 2.60. The Morgan fingerprint density at radius 2 is 1.84 bits per heavy atom. The van der Waals surface area contributed by atoms with Crippen molar-refractivity contribution >= 4 is 48.1 Å². The standard InChI is InChI=1S/C18H30N6O6S2/c1-9(25)14(17(28)22-12(18(29)30)3-4-32-2)24-16(27)13(5-10-6-20-8-21-10)23-15(26)11(19)7-31/h6,8-9,11-14,25,31H,3-5,7,19H2,1-2H3,(H,20,21)(H,22,28)(H,23,26)(H,24,27)(H,29,30). The molecular weight excluding hydrogens is 460 g/mol. The van der Waals surface area contributed by atoms with Gasteiger partial charge >= 0.3 is 5.97 Å². The molecule has 0 aliphatic heterocycles. The molecule has 32 heavy (non-hydrogen) atoms. The van der Waals surface area contributed by atoms with E-state index < -0.39 is 54.0 Å². The number of nitrogens with two attached hydrogens (primary N) is 1. The summed E-state index contributed by atoms with van der Waals surface area (Å²) in [5.74, 6) is -2.94. The molecule has 8 N–H and O–H groups in total. The lowest BCUT2D eigenvalue weighted by molar-refractivity contribution is -0.143. The first-order valence-corrected chi connectivity index (χ1v) is 11.8. The largest absolute Gasteiger partial charge is 0.480 e. The first-order chi connectivity index (χ1) is 15.1. The minimum atomic E-state index is -1.45. The van der Waals surface area contributed by atoms with E-state index in [4.69, 9.17) is 5.73 Å². The van der Waals surface area contributed by atoms with Crippen LogP contribution in [0.3, 0.4) is 0 Å². The third-order valence-corrected chi connectivity index (χ3v) is 5.47. The molecule has 0 fully saturated rings. The minimum Gasteiger partial charge on any atom is -0.480 e. The van der Waals surface area contributed by atoms with Crippen molar-refractivity contribution in [3.05, 3.63) is 18.2 Å². The second kappa shape index (κ2) is 14.0. The Kier molecular flexibility index (Phi) is 12.1. The first-order valence-electron chi connectivity index (χ1n) is 9.75. The van der Waals surface area contributed by atoms with Crippen molar-refractivity contribution in [3.63, 3.8) is 0 Å². The Balaban J connectivity index is 2.96. The van der Waals surface area contributed by atoms with Crippen molar-refractivity contribution in [2.75, 3.05) is 17.8 Å². The van der Waals surface area contributed by atoms with Gasteiger partial charge in [-0.3, -0.25) is 14.4 Å².